The summed E-state index contributed by atoms with van der Waals surface area (Å²) in [5, 5.41) is 10.1. The van der Waals surface area contributed by atoms with Crippen molar-refractivity contribution in [2.75, 3.05) is 13.2 Å². The number of benzene rings is 2. The molecule has 2 N–H and O–H groups in total. The van der Waals surface area contributed by atoms with Crippen molar-refractivity contribution in [3.63, 3.8) is 0 Å². The average molecular weight is 401 g/mol. The van der Waals surface area contributed by atoms with Crippen LogP contribution in [0.3, 0.4) is 0 Å². The lowest BCUT2D eigenvalue weighted by Gasteiger charge is -2.34. The minimum absolute atomic E-state index is 0.0133. The topological polar surface area (TPSA) is 106 Å². The van der Waals surface area contributed by atoms with E-state index in [2.05, 4.69) is 0 Å². The van der Waals surface area contributed by atoms with Gasteiger partial charge in [-0.3, -0.25) is 10.0 Å². The first-order valence-electron chi connectivity index (χ1n) is 8.83. The lowest BCUT2D eigenvalue weighted by atomic mass is 9.98. The van der Waals surface area contributed by atoms with Crippen molar-refractivity contribution < 1.29 is 27.6 Å². The molecule has 2 heterocycles. The summed E-state index contributed by atoms with van der Waals surface area (Å²) in [5.74, 6) is -0.926. The van der Waals surface area contributed by atoms with Gasteiger partial charge in [-0.2, -0.15) is 0 Å². The van der Waals surface area contributed by atoms with Crippen molar-refractivity contribution in [3.05, 3.63) is 54.8 Å². The fourth-order valence-corrected chi connectivity index (χ4v) is 5.56. The summed E-state index contributed by atoms with van der Waals surface area (Å²) in [6.45, 7) is 0.269. The molecule has 0 unspecified atom stereocenters. The molecule has 1 saturated heterocycles. The molecule has 0 aliphatic carbocycles. The third kappa shape index (κ3) is 2.90. The Hall–Kier alpha value is -2.68. The van der Waals surface area contributed by atoms with Crippen LogP contribution < -0.4 is 5.48 Å². The molecule has 146 valence electrons. The zero-order valence-electron chi connectivity index (χ0n) is 14.9. The van der Waals surface area contributed by atoms with Gasteiger partial charge in [-0.25, -0.2) is 13.9 Å². The van der Waals surface area contributed by atoms with E-state index in [1.54, 1.807) is 18.4 Å². The summed E-state index contributed by atoms with van der Waals surface area (Å²) in [7, 11) is -4.03. The van der Waals surface area contributed by atoms with Crippen LogP contribution in [-0.2, 0) is 19.4 Å². The summed E-state index contributed by atoms with van der Waals surface area (Å²) >= 11 is 0. The number of nitrogens with one attached hydrogen (secondary N) is 1. The van der Waals surface area contributed by atoms with E-state index in [4.69, 9.17) is 14.4 Å². The molecule has 8 heteroatoms. The third-order valence-corrected chi connectivity index (χ3v) is 7.80. The van der Waals surface area contributed by atoms with E-state index in [0.717, 1.165) is 22.1 Å². The van der Waals surface area contributed by atoms with Crippen molar-refractivity contribution in [3.8, 4) is 11.1 Å². The van der Waals surface area contributed by atoms with Crippen LogP contribution in [0, 0.1) is 0 Å². The minimum atomic E-state index is -4.03. The smallest absolute Gasteiger partial charge is 0.265 e. The van der Waals surface area contributed by atoms with Gasteiger partial charge in [0, 0.05) is 18.6 Å². The zero-order chi connectivity index (χ0) is 19.8. The molecule has 1 aliphatic heterocycles. The fourth-order valence-electron chi connectivity index (χ4n) is 3.62. The highest BCUT2D eigenvalue weighted by molar-refractivity contribution is 7.93. The number of carbonyl (C=O) groups is 1. The van der Waals surface area contributed by atoms with Crippen LogP contribution in [0.2, 0.25) is 0 Å². The molecule has 2 aromatic carbocycles. The molecule has 0 saturated carbocycles. The van der Waals surface area contributed by atoms with E-state index in [-0.39, 0.29) is 31.0 Å². The van der Waals surface area contributed by atoms with Gasteiger partial charge in [0.1, 0.15) is 5.58 Å². The van der Waals surface area contributed by atoms with Gasteiger partial charge in [0.25, 0.3) is 5.91 Å². The maximum Gasteiger partial charge on any atom is 0.265 e. The number of hydrogen-bond donors (Lipinski definition) is 2. The van der Waals surface area contributed by atoms with Gasteiger partial charge in [0.05, 0.1) is 11.2 Å². The molecule has 1 aromatic heterocycles. The van der Waals surface area contributed by atoms with Crippen molar-refractivity contribution in [1.29, 1.82) is 0 Å². The molecule has 28 heavy (non-hydrogen) atoms. The first-order chi connectivity index (χ1) is 13.5. The minimum Gasteiger partial charge on any atom is -0.464 e. The van der Waals surface area contributed by atoms with Gasteiger partial charge in [-0.05, 0) is 54.3 Å². The standard InChI is InChI=1S/C20H19NO6S/c22-19(21-23)20(8-11-26-12-9-20)28(24,25)17-4-1-14(2-5-17)15-3-6-18-16(13-15)7-10-27-18/h1-7,10,13,23H,8-9,11-12H2,(H,21,22). The van der Waals surface area contributed by atoms with Gasteiger partial charge in [-0.1, -0.05) is 18.2 Å². The molecule has 0 spiro atoms. The number of fused-ring (bicyclic) bond motifs is 1. The molecule has 3 aromatic rings. The van der Waals surface area contributed by atoms with E-state index in [1.807, 2.05) is 24.3 Å². The molecule has 1 fully saturated rings. The second-order valence-corrected chi connectivity index (χ2v) is 9.01. The number of ether oxygens (including phenoxy) is 1. The van der Waals surface area contributed by atoms with E-state index in [9.17, 15) is 13.2 Å². The zero-order valence-corrected chi connectivity index (χ0v) is 15.7. The Bertz CT molecular complexity index is 1110. The van der Waals surface area contributed by atoms with Gasteiger partial charge in [0.15, 0.2) is 14.6 Å². The highest BCUT2D eigenvalue weighted by Gasteiger charge is 2.52. The predicted octanol–water partition coefficient (Wildman–Crippen LogP) is 2.93. The molecule has 0 radical (unpaired) electrons. The van der Waals surface area contributed by atoms with Crippen LogP contribution in [0.25, 0.3) is 22.1 Å². The Morgan fingerprint density at radius 3 is 2.36 bits per heavy atom. The number of sulfone groups is 1. The van der Waals surface area contributed by atoms with E-state index >= 15 is 0 Å². The van der Waals surface area contributed by atoms with E-state index in [0.29, 0.717) is 0 Å². The fraction of sp³-hybridized carbons (Fsp3) is 0.250. The molecule has 1 aliphatic rings. The van der Waals surface area contributed by atoms with Gasteiger partial charge in [0.2, 0.25) is 0 Å². The highest BCUT2D eigenvalue weighted by atomic mass is 32.2. The molecule has 7 nitrogen and oxygen atoms in total. The Kier molecular flexibility index (Phi) is 4.70. The summed E-state index contributed by atoms with van der Waals surface area (Å²) in [5.41, 5.74) is 4.06. The Balaban J connectivity index is 1.71. The van der Waals surface area contributed by atoms with Gasteiger partial charge < -0.3 is 9.15 Å². The summed E-state index contributed by atoms with van der Waals surface area (Å²) in [6.07, 6.45) is 1.59. The summed E-state index contributed by atoms with van der Waals surface area (Å²) in [6, 6.07) is 14.0. The molecular formula is C20H19NO6S. The third-order valence-electron chi connectivity index (χ3n) is 5.28. The average Bonchev–Trinajstić information content (AvgIpc) is 3.21. The van der Waals surface area contributed by atoms with E-state index < -0.39 is 20.5 Å². The number of rotatable bonds is 4. The normalized spacial score (nSPS) is 16.8. The number of hydroxylamine groups is 1. The van der Waals surface area contributed by atoms with Crippen LogP contribution in [0.4, 0.5) is 0 Å². The lowest BCUT2D eigenvalue weighted by molar-refractivity contribution is -0.134. The molecule has 1 amide bonds. The second kappa shape index (κ2) is 7.05. The Morgan fingerprint density at radius 2 is 1.68 bits per heavy atom. The van der Waals surface area contributed by atoms with Crippen LogP contribution in [0.1, 0.15) is 12.8 Å². The van der Waals surface area contributed by atoms with Crippen LogP contribution >= 0.6 is 0 Å². The Labute approximate surface area is 161 Å². The second-order valence-electron chi connectivity index (χ2n) is 6.75. The first-order valence-corrected chi connectivity index (χ1v) is 10.3. The van der Waals surface area contributed by atoms with Crippen molar-refractivity contribution in [2.45, 2.75) is 22.5 Å². The number of carbonyl (C=O) groups excluding carboxylic acids is 1. The quantitative estimate of drug-likeness (QED) is 0.514. The largest absolute Gasteiger partial charge is 0.464 e. The molecule has 4 rings (SSSR count). The van der Waals surface area contributed by atoms with Crippen LogP contribution in [-0.4, -0.2) is 37.5 Å². The number of hydrogen-bond acceptors (Lipinski definition) is 6. The lowest BCUT2D eigenvalue weighted by Crippen LogP contribution is -2.54. The number of furan rings is 1. The van der Waals surface area contributed by atoms with Crippen LogP contribution in [0.5, 0.6) is 0 Å². The van der Waals surface area contributed by atoms with Gasteiger partial charge >= 0.3 is 0 Å². The highest BCUT2D eigenvalue weighted by Crippen LogP contribution is 2.36. The first kappa shape index (κ1) is 18.7. The van der Waals surface area contributed by atoms with Gasteiger partial charge in [-0.15, -0.1) is 0 Å². The summed E-state index contributed by atoms with van der Waals surface area (Å²) < 4.78 is 35.3. The predicted molar refractivity (Wildman–Crippen MR) is 102 cm³/mol. The van der Waals surface area contributed by atoms with E-state index in [1.165, 1.54) is 17.6 Å². The van der Waals surface area contributed by atoms with Crippen LogP contribution in [0.15, 0.2) is 64.1 Å². The van der Waals surface area contributed by atoms with Crippen molar-refractivity contribution in [1.82, 2.24) is 5.48 Å². The molecular weight excluding hydrogens is 382 g/mol. The molecule has 0 bridgehead atoms. The maximum atomic E-state index is 13.3. The molecule has 0 atom stereocenters. The monoisotopic (exact) mass is 401 g/mol. The Morgan fingerprint density at radius 1 is 1.00 bits per heavy atom. The SMILES string of the molecule is O=C(NO)C1(S(=O)(=O)c2ccc(-c3ccc4occc4c3)cc2)CCOCC1. The number of amides is 1. The van der Waals surface area contributed by atoms with Crippen molar-refractivity contribution in [2.24, 2.45) is 0 Å². The summed E-state index contributed by atoms with van der Waals surface area (Å²) in [4.78, 5) is 12.3. The maximum absolute atomic E-state index is 13.3. The van der Waals surface area contributed by atoms with Crippen molar-refractivity contribution >= 4 is 26.7 Å².